The minimum atomic E-state index is -0.0952. The topological polar surface area (TPSA) is 112 Å². The first-order chi connectivity index (χ1) is 17.8. The van der Waals surface area contributed by atoms with Crippen molar-refractivity contribution in [1.82, 2.24) is 30.1 Å². The van der Waals surface area contributed by atoms with Gasteiger partial charge in [0.15, 0.2) is 0 Å². The maximum absolute atomic E-state index is 12.4. The van der Waals surface area contributed by atoms with E-state index in [1.165, 1.54) is 0 Å². The minimum absolute atomic E-state index is 0.0405. The molecule has 0 aromatic carbocycles. The third kappa shape index (κ3) is 4.61. The summed E-state index contributed by atoms with van der Waals surface area (Å²) in [4.78, 5) is 29.6. The molecule has 0 fully saturated rings. The highest BCUT2D eigenvalue weighted by Gasteiger charge is 2.18. The minimum Gasteiger partial charge on any atom is -0.338 e. The van der Waals surface area contributed by atoms with E-state index in [1.54, 1.807) is 23.7 Å². The molecular weight excluding hydrogens is 482 g/mol. The van der Waals surface area contributed by atoms with Crippen LogP contribution in [0.15, 0.2) is 65.7 Å². The molecule has 6 aromatic rings. The van der Waals surface area contributed by atoms with Gasteiger partial charge < -0.3 is 10.3 Å². The number of nitrogens with zero attached hydrogens (tertiary/aromatic N) is 4. The second-order valence-electron chi connectivity index (χ2n) is 10.2. The number of aromatic amines is 2. The van der Waals surface area contributed by atoms with Crippen molar-refractivity contribution in [3.63, 3.8) is 0 Å². The molecule has 0 aliphatic rings. The van der Waals surface area contributed by atoms with E-state index in [1.807, 2.05) is 51.2 Å². The zero-order chi connectivity index (χ0) is 25.6. The first kappa shape index (κ1) is 23.1. The van der Waals surface area contributed by atoms with E-state index in [-0.39, 0.29) is 11.3 Å². The van der Waals surface area contributed by atoms with Gasteiger partial charge in [0.1, 0.15) is 16.9 Å². The number of carbonyl (C=O) groups excluding carboxylic acids is 1. The van der Waals surface area contributed by atoms with Crippen molar-refractivity contribution in [1.29, 1.82) is 0 Å². The molecule has 0 spiro atoms. The highest BCUT2D eigenvalue weighted by atomic mass is 32.1. The Labute approximate surface area is 217 Å². The summed E-state index contributed by atoms with van der Waals surface area (Å²) in [6.45, 7) is 6.11. The summed E-state index contributed by atoms with van der Waals surface area (Å²) in [5.41, 5.74) is 8.30. The molecule has 0 saturated carbocycles. The number of aromatic nitrogens is 6. The van der Waals surface area contributed by atoms with Gasteiger partial charge in [-0.25, -0.2) is 9.97 Å². The first-order valence-corrected chi connectivity index (χ1v) is 12.9. The Morgan fingerprint density at radius 1 is 1.08 bits per heavy atom. The predicted molar refractivity (Wildman–Crippen MR) is 148 cm³/mol. The molecule has 37 heavy (non-hydrogen) atoms. The fraction of sp³-hybridized carbons (Fsp3) is 0.179. The van der Waals surface area contributed by atoms with Gasteiger partial charge in [-0.15, -0.1) is 0 Å². The lowest BCUT2D eigenvalue weighted by Crippen LogP contribution is -2.19. The van der Waals surface area contributed by atoms with Crippen molar-refractivity contribution in [3.05, 3.63) is 65.7 Å². The molecule has 0 radical (unpaired) electrons. The fourth-order valence-corrected chi connectivity index (χ4v) is 5.06. The van der Waals surface area contributed by atoms with E-state index in [0.29, 0.717) is 17.8 Å². The zero-order valence-electron chi connectivity index (χ0n) is 20.7. The smallest absolute Gasteiger partial charge is 0.224 e. The molecular formula is C28H25N7OS. The van der Waals surface area contributed by atoms with Crippen molar-refractivity contribution in [2.75, 3.05) is 5.32 Å². The van der Waals surface area contributed by atoms with Crippen molar-refractivity contribution in [2.45, 2.75) is 27.2 Å². The third-order valence-electron chi connectivity index (χ3n) is 6.04. The maximum Gasteiger partial charge on any atom is 0.224 e. The molecule has 6 heterocycles. The summed E-state index contributed by atoms with van der Waals surface area (Å²) in [6, 6.07) is 12.0. The number of anilines is 1. The number of pyridine rings is 3. The Bertz CT molecular complexity index is 1740. The van der Waals surface area contributed by atoms with Crippen LogP contribution in [0.5, 0.6) is 0 Å². The average molecular weight is 508 g/mol. The van der Waals surface area contributed by atoms with Gasteiger partial charge in [0.25, 0.3) is 0 Å². The summed E-state index contributed by atoms with van der Waals surface area (Å²) < 4.78 is 0. The summed E-state index contributed by atoms with van der Waals surface area (Å²) in [7, 11) is 0. The van der Waals surface area contributed by atoms with Gasteiger partial charge >= 0.3 is 0 Å². The van der Waals surface area contributed by atoms with Crippen LogP contribution in [-0.4, -0.2) is 36.0 Å². The van der Waals surface area contributed by atoms with E-state index >= 15 is 0 Å². The van der Waals surface area contributed by atoms with Crippen molar-refractivity contribution in [2.24, 2.45) is 5.41 Å². The predicted octanol–water partition coefficient (Wildman–Crippen LogP) is 6.67. The van der Waals surface area contributed by atoms with Crippen LogP contribution in [-0.2, 0) is 4.79 Å². The van der Waals surface area contributed by atoms with Gasteiger partial charge in [0.2, 0.25) is 5.91 Å². The Hall–Kier alpha value is -4.37. The molecule has 0 unspecified atom stereocenters. The average Bonchev–Trinajstić information content (AvgIpc) is 3.61. The lowest BCUT2D eigenvalue weighted by atomic mass is 9.92. The van der Waals surface area contributed by atoms with Crippen LogP contribution in [0.4, 0.5) is 5.69 Å². The summed E-state index contributed by atoms with van der Waals surface area (Å²) >= 11 is 1.67. The van der Waals surface area contributed by atoms with E-state index in [2.05, 4.69) is 53.4 Å². The summed E-state index contributed by atoms with van der Waals surface area (Å²) in [5.74, 6) is -0.0405. The van der Waals surface area contributed by atoms with Crippen LogP contribution < -0.4 is 5.32 Å². The molecule has 0 bridgehead atoms. The van der Waals surface area contributed by atoms with Gasteiger partial charge in [-0.2, -0.15) is 16.4 Å². The second-order valence-corrected chi connectivity index (χ2v) is 11.0. The monoisotopic (exact) mass is 507 g/mol. The Kier molecular flexibility index (Phi) is 5.57. The molecule has 3 N–H and O–H groups in total. The highest BCUT2D eigenvalue weighted by Crippen LogP contribution is 2.34. The Morgan fingerprint density at radius 2 is 1.97 bits per heavy atom. The van der Waals surface area contributed by atoms with Crippen molar-refractivity contribution < 1.29 is 4.79 Å². The number of H-pyrrole nitrogens is 2. The lowest BCUT2D eigenvalue weighted by Gasteiger charge is -2.17. The molecule has 0 aliphatic heterocycles. The molecule has 1 amide bonds. The molecule has 9 heteroatoms. The van der Waals surface area contributed by atoms with E-state index in [9.17, 15) is 4.79 Å². The molecule has 8 nitrogen and oxygen atoms in total. The van der Waals surface area contributed by atoms with Gasteiger partial charge in [-0.3, -0.25) is 14.9 Å². The molecule has 184 valence electrons. The largest absolute Gasteiger partial charge is 0.338 e. The van der Waals surface area contributed by atoms with Gasteiger partial charge in [-0.1, -0.05) is 20.8 Å². The van der Waals surface area contributed by atoms with Crippen LogP contribution in [0.3, 0.4) is 0 Å². The van der Waals surface area contributed by atoms with Crippen LogP contribution in [0.2, 0.25) is 0 Å². The zero-order valence-corrected chi connectivity index (χ0v) is 21.5. The second kappa shape index (κ2) is 8.94. The van der Waals surface area contributed by atoms with Gasteiger partial charge in [0, 0.05) is 29.8 Å². The van der Waals surface area contributed by atoms with Gasteiger partial charge in [0.05, 0.1) is 28.8 Å². The number of fused-ring (bicyclic) bond motifs is 2. The third-order valence-corrected chi connectivity index (χ3v) is 6.72. The van der Waals surface area contributed by atoms with E-state index < -0.39 is 0 Å². The first-order valence-electron chi connectivity index (χ1n) is 12.0. The number of amides is 1. The maximum atomic E-state index is 12.4. The normalized spacial score (nSPS) is 11.9. The van der Waals surface area contributed by atoms with E-state index in [0.717, 1.165) is 50.1 Å². The summed E-state index contributed by atoms with van der Waals surface area (Å²) in [5, 5.41) is 15.8. The molecule has 6 aromatic heterocycles. The number of nitrogens with one attached hydrogen (secondary N) is 3. The number of rotatable bonds is 5. The molecule has 0 saturated heterocycles. The Morgan fingerprint density at radius 3 is 2.78 bits per heavy atom. The fourth-order valence-electron chi connectivity index (χ4n) is 4.41. The van der Waals surface area contributed by atoms with Crippen LogP contribution in [0.1, 0.15) is 27.2 Å². The summed E-state index contributed by atoms with van der Waals surface area (Å²) in [6.07, 6.45) is 5.63. The Balaban J connectivity index is 1.36. The van der Waals surface area contributed by atoms with Crippen molar-refractivity contribution >= 4 is 45.0 Å². The number of thiophene rings is 1. The SMILES string of the molecule is CC(C)(C)CC(=O)Nc1cncc(-c2ccc3[nH]nc(-c4cc5c(-c6ccsc6)ccnc5[nH]4)c3n2)c1. The van der Waals surface area contributed by atoms with Crippen LogP contribution >= 0.6 is 11.3 Å². The van der Waals surface area contributed by atoms with Crippen LogP contribution in [0.25, 0.3) is 55.8 Å². The highest BCUT2D eigenvalue weighted by molar-refractivity contribution is 7.08. The molecule has 0 atom stereocenters. The van der Waals surface area contributed by atoms with Gasteiger partial charge in [-0.05, 0) is 63.7 Å². The lowest BCUT2D eigenvalue weighted by molar-refractivity contribution is -0.117. The standard InChI is InChI=1S/C28H25N7OS/c1-28(2,3)12-24(36)31-18-10-17(13-29-14-18)21-4-5-22-25(32-21)26(35-34-22)23-11-20-19(16-7-9-37-15-16)6-8-30-27(20)33-23/h4-11,13-15H,12H2,1-3H3,(H,30,33)(H,31,36)(H,34,35). The van der Waals surface area contributed by atoms with Crippen molar-refractivity contribution in [3.8, 4) is 33.8 Å². The quantitative estimate of drug-likeness (QED) is 0.241. The number of carbonyl (C=O) groups is 1. The number of hydrogen-bond acceptors (Lipinski definition) is 6. The molecule has 6 rings (SSSR count). The number of hydrogen-bond donors (Lipinski definition) is 3. The molecule has 0 aliphatic carbocycles. The van der Waals surface area contributed by atoms with Crippen LogP contribution in [0, 0.1) is 5.41 Å². The van der Waals surface area contributed by atoms with E-state index in [4.69, 9.17) is 4.98 Å².